The van der Waals surface area contributed by atoms with Crippen LogP contribution in [0.2, 0.25) is 0 Å². The van der Waals surface area contributed by atoms with Gasteiger partial charge in [-0.2, -0.15) is 0 Å². The number of hydrogen-bond donors (Lipinski definition) is 2. The van der Waals surface area contributed by atoms with Gasteiger partial charge in [0.05, 0.1) is 0 Å². The molecule has 4 heteroatoms. The monoisotopic (exact) mass is 150 g/mol. The van der Waals surface area contributed by atoms with Gasteiger partial charge >= 0.3 is 0 Å². The van der Waals surface area contributed by atoms with Crippen molar-refractivity contribution in [3.8, 4) is 0 Å². The summed E-state index contributed by atoms with van der Waals surface area (Å²) in [4.78, 5) is 8.00. The van der Waals surface area contributed by atoms with Crippen LogP contribution in [0.4, 0.5) is 11.6 Å². The molecule has 1 aromatic rings. The highest BCUT2D eigenvalue weighted by atomic mass is 15.0. The van der Waals surface area contributed by atoms with Crippen molar-refractivity contribution >= 4 is 11.6 Å². The van der Waals surface area contributed by atoms with E-state index in [-0.39, 0.29) is 0 Å². The summed E-state index contributed by atoms with van der Waals surface area (Å²) in [5.41, 5.74) is 6.72. The summed E-state index contributed by atoms with van der Waals surface area (Å²) in [5, 5.41) is 3.17. The Kier molecular flexibility index (Phi) is 1.38. The number of hydrogen-bond acceptors (Lipinski definition) is 4. The highest BCUT2D eigenvalue weighted by Gasteiger charge is 2.12. The Balaban J connectivity index is 2.49. The molecule has 0 bridgehead atoms. The molecule has 0 aromatic carbocycles. The fourth-order valence-electron chi connectivity index (χ4n) is 1.30. The van der Waals surface area contributed by atoms with Gasteiger partial charge in [-0.3, -0.25) is 0 Å². The van der Waals surface area contributed by atoms with Crippen LogP contribution in [0, 0.1) is 0 Å². The van der Waals surface area contributed by atoms with E-state index in [0.717, 1.165) is 30.8 Å². The first-order chi connectivity index (χ1) is 5.38. The molecule has 0 radical (unpaired) electrons. The van der Waals surface area contributed by atoms with Crippen LogP contribution in [0.15, 0.2) is 6.33 Å². The minimum Gasteiger partial charge on any atom is -0.383 e. The number of rotatable bonds is 0. The van der Waals surface area contributed by atoms with Gasteiger partial charge in [-0.15, -0.1) is 0 Å². The average molecular weight is 150 g/mol. The van der Waals surface area contributed by atoms with Gasteiger partial charge in [0.15, 0.2) is 0 Å². The molecule has 0 atom stereocenters. The molecule has 1 aliphatic heterocycles. The van der Waals surface area contributed by atoms with E-state index in [1.165, 1.54) is 6.33 Å². The van der Waals surface area contributed by atoms with E-state index in [1.807, 2.05) is 0 Å². The number of nitrogen functional groups attached to an aromatic ring is 1. The molecule has 11 heavy (non-hydrogen) atoms. The molecular weight excluding hydrogens is 140 g/mol. The Morgan fingerprint density at radius 2 is 2.36 bits per heavy atom. The first-order valence-corrected chi connectivity index (χ1v) is 3.71. The van der Waals surface area contributed by atoms with E-state index in [0.29, 0.717) is 5.82 Å². The van der Waals surface area contributed by atoms with Gasteiger partial charge in [-0.05, 0) is 12.8 Å². The number of nitrogens with zero attached hydrogens (tertiary/aromatic N) is 2. The molecule has 1 aromatic heterocycles. The van der Waals surface area contributed by atoms with Crippen LogP contribution in [0.3, 0.4) is 0 Å². The molecule has 1 aliphatic rings. The molecule has 2 heterocycles. The molecular formula is C7H10N4. The lowest BCUT2D eigenvalue weighted by Crippen LogP contribution is -2.15. The summed E-state index contributed by atoms with van der Waals surface area (Å²) in [6.45, 7) is 0.990. The predicted octanol–water partition coefficient (Wildman–Crippen LogP) is 0.417. The van der Waals surface area contributed by atoms with E-state index >= 15 is 0 Å². The Morgan fingerprint density at radius 1 is 1.45 bits per heavy atom. The molecule has 0 spiro atoms. The zero-order chi connectivity index (χ0) is 7.68. The van der Waals surface area contributed by atoms with Crippen LogP contribution < -0.4 is 11.1 Å². The normalized spacial score (nSPS) is 15.3. The second-order valence-electron chi connectivity index (χ2n) is 2.62. The van der Waals surface area contributed by atoms with Crippen molar-refractivity contribution in [2.75, 3.05) is 17.6 Å². The summed E-state index contributed by atoms with van der Waals surface area (Å²) in [7, 11) is 0. The molecule has 4 nitrogen and oxygen atoms in total. The van der Waals surface area contributed by atoms with Crippen molar-refractivity contribution in [2.24, 2.45) is 0 Å². The molecule has 2 rings (SSSR count). The number of fused-ring (bicyclic) bond motifs is 1. The summed E-state index contributed by atoms with van der Waals surface area (Å²) in [5.74, 6) is 1.52. The highest BCUT2D eigenvalue weighted by Crippen LogP contribution is 2.21. The third-order valence-electron chi connectivity index (χ3n) is 1.87. The van der Waals surface area contributed by atoms with Gasteiger partial charge in [0.2, 0.25) is 0 Å². The maximum atomic E-state index is 5.65. The molecule has 0 saturated heterocycles. The zero-order valence-electron chi connectivity index (χ0n) is 6.17. The minimum atomic E-state index is 0.613. The van der Waals surface area contributed by atoms with Crippen LogP contribution in [-0.2, 0) is 6.42 Å². The molecule has 0 fully saturated rings. The third-order valence-corrected chi connectivity index (χ3v) is 1.87. The second kappa shape index (κ2) is 2.38. The molecule has 0 unspecified atom stereocenters. The smallest absolute Gasteiger partial charge is 0.134 e. The fraction of sp³-hybridized carbons (Fsp3) is 0.429. The standard InChI is InChI=1S/C7H10N4/c8-6-5-2-1-3-9-7(5)11-4-10-6/h4H,1-3H2,(H3,8,9,10,11). The predicted molar refractivity (Wildman–Crippen MR) is 43.3 cm³/mol. The first-order valence-electron chi connectivity index (χ1n) is 3.71. The van der Waals surface area contributed by atoms with Gasteiger partial charge in [-0.1, -0.05) is 0 Å². The van der Waals surface area contributed by atoms with E-state index < -0.39 is 0 Å². The molecule has 0 saturated carbocycles. The lowest BCUT2D eigenvalue weighted by atomic mass is 10.1. The Bertz CT molecular complexity index is 271. The molecule has 0 aliphatic carbocycles. The molecule has 58 valence electrons. The van der Waals surface area contributed by atoms with E-state index in [2.05, 4.69) is 15.3 Å². The van der Waals surface area contributed by atoms with Gasteiger partial charge in [-0.25, -0.2) is 9.97 Å². The number of anilines is 2. The van der Waals surface area contributed by atoms with Crippen LogP contribution >= 0.6 is 0 Å². The maximum absolute atomic E-state index is 5.65. The summed E-state index contributed by atoms with van der Waals surface area (Å²) < 4.78 is 0. The van der Waals surface area contributed by atoms with Gasteiger partial charge in [0.1, 0.15) is 18.0 Å². The van der Waals surface area contributed by atoms with Crippen molar-refractivity contribution in [1.82, 2.24) is 9.97 Å². The Morgan fingerprint density at radius 3 is 3.18 bits per heavy atom. The van der Waals surface area contributed by atoms with Crippen molar-refractivity contribution in [3.05, 3.63) is 11.9 Å². The average Bonchev–Trinajstić information content (AvgIpc) is 2.06. The number of aromatic nitrogens is 2. The van der Waals surface area contributed by atoms with Crippen LogP contribution in [0.1, 0.15) is 12.0 Å². The first kappa shape index (κ1) is 6.39. The van der Waals surface area contributed by atoms with Crippen molar-refractivity contribution < 1.29 is 0 Å². The van der Waals surface area contributed by atoms with Crippen LogP contribution in [0.25, 0.3) is 0 Å². The zero-order valence-corrected chi connectivity index (χ0v) is 6.17. The SMILES string of the molecule is Nc1ncnc2c1CCCN2. The van der Waals surface area contributed by atoms with Crippen molar-refractivity contribution in [2.45, 2.75) is 12.8 Å². The maximum Gasteiger partial charge on any atom is 0.134 e. The second-order valence-corrected chi connectivity index (χ2v) is 2.62. The summed E-state index contributed by atoms with van der Waals surface area (Å²) in [6.07, 6.45) is 3.60. The van der Waals surface area contributed by atoms with Crippen LogP contribution in [0.5, 0.6) is 0 Å². The fourth-order valence-corrected chi connectivity index (χ4v) is 1.30. The van der Waals surface area contributed by atoms with Gasteiger partial charge in [0, 0.05) is 12.1 Å². The highest BCUT2D eigenvalue weighted by molar-refractivity contribution is 5.56. The van der Waals surface area contributed by atoms with Crippen molar-refractivity contribution in [1.29, 1.82) is 0 Å². The summed E-state index contributed by atoms with van der Waals surface area (Å²) >= 11 is 0. The van der Waals surface area contributed by atoms with E-state index in [9.17, 15) is 0 Å². The van der Waals surface area contributed by atoms with E-state index in [1.54, 1.807) is 0 Å². The summed E-state index contributed by atoms with van der Waals surface area (Å²) in [6, 6.07) is 0. The number of nitrogens with two attached hydrogens (primary N) is 1. The van der Waals surface area contributed by atoms with E-state index in [4.69, 9.17) is 5.73 Å². The lowest BCUT2D eigenvalue weighted by molar-refractivity contribution is 0.812. The largest absolute Gasteiger partial charge is 0.383 e. The topological polar surface area (TPSA) is 63.8 Å². The Hall–Kier alpha value is -1.32. The van der Waals surface area contributed by atoms with Gasteiger partial charge < -0.3 is 11.1 Å². The number of nitrogens with one attached hydrogen (secondary N) is 1. The quantitative estimate of drug-likeness (QED) is 0.562. The third kappa shape index (κ3) is 1.00. The van der Waals surface area contributed by atoms with Crippen LogP contribution in [-0.4, -0.2) is 16.5 Å². The Labute approximate surface area is 64.8 Å². The van der Waals surface area contributed by atoms with Gasteiger partial charge in [0.25, 0.3) is 0 Å². The lowest BCUT2D eigenvalue weighted by Gasteiger charge is -2.16. The molecule has 3 N–H and O–H groups in total. The minimum absolute atomic E-state index is 0.613. The van der Waals surface area contributed by atoms with Crippen molar-refractivity contribution in [3.63, 3.8) is 0 Å². The molecule has 0 amide bonds.